The lowest BCUT2D eigenvalue weighted by Gasteiger charge is -2.08. The maximum atomic E-state index is 12.5. The smallest absolute Gasteiger partial charge is 0.269 e. The highest BCUT2D eigenvalue weighted by atomic mass is 32.1. The Kier molecular flexibility index (Phi) is 4.33. The third-order valence-electron chi connectivity index (χ3n) is 4.58. The second-order valence-electron chi connectivity index (χ2n) is 6.33. The van der Waals surface area contributed by atoms with Gasteiger partial charge in [0.05, 0.1) is 10.3 Å². The summed E-state index contributed by atoms with van der Waals surface area (Å²) in [6.07, 6.45) is 1.83. The molecule has 5 nitrogen and oxygen atoms in total. The molecule has 0 aliphatic heterocycles. The van der Waals surface area contributed by atoms with Crippen molar-refractivity contribution in [3.05, 3.63) is 98.3 Å². The van der Waals surface area contributed by atoms with Gasteiger partial charge in [-0.15, -0.1) is 11.3 Å². The maximum Gasteiger partial charge on any atom is 0.269 e. The minimum absolute atomic E-state index is 0.00350. The molecule has 0 unspecified atom stereocenters. The normalized spacial score (nSPS) is 11.0. The number of hydrogen-bond donors (Lipinski definition) is 0. The molecule has 6 heteroatoms. The van der Waals surface area contributed by atoms with Crippen LogP contribution in [-0.4, -0.2) is 9.49 Å². The Morgan fingerprint density at radius 2 is 1.74 bits per heavy atom. The van der Waals surface area contributed by atoms with Gasteiger partial charge >= 0.3 is 0 Å². The average molecular weight is 376 g/mol. The number of nitro groups is 1. The van der Waals surface area contributed by atoms with Gasteiger partial charge in [-0.05, 0) is 35.7 Å². The van der Waals surface area contributed by atoms with Gasteiger partial charge in [-0.1, -0.05) is 30.3 Å². The summed E-state index contributed by atoms with van der Waals surface area (Å²) in [5.74, 6) is 0. The van der Waals surface area contributed by atoms with Crippen molar-refractivity contribution < 1.29 is 4.92 Å². The van der Waals surface area contributed by atoms with E-state index < -0.39 is 4.92 Å². The van der Waals surface area contributed by atoms with E-state index in [-0.39, 0.29) is 11.1 Å². The number of hydrogen-bond acceptors (Lipinski definition) is 4. The van der Waals surface area contributed by atoms with Crippen LogP contribution in [0.1, 0.15) is 11.1 Å². The number of nitrogens with zero attached hydrogens (tertiary/aromatic N) is 2. The predicted octanol–water partition coefficient (Wildman–Crippen LogP) is 4.99. The summed E-state index contributed by atoms with van der Waals surface area (Å²) in [6, 6.07) is 18.2. The largest absolute Gasteiger partial charge is 0.335 e. The Balaban J connectivity index is 1.85. The van der Waals surface area contributed by atoms with Crippen LogP contribution in [0.5, 0.6) is 0 Å². The molecule has 0 spiro atoms. The maximum absolute atomic E-state index is 12.5. The van der Waals surface area contributed by atoms with Gasteiger partial charge in [-0.2, -0.15) is 0 Å². The highest BCUT2D eigenvalue weighted by Gasteiger charge is 2.16. The molecular formula is C21H16N2O3S. The third-order valence-corrected chi connectivity index (χ3v) is 5.96. The van der Waals surface area contributed by atoms with E-state index in [9.17, 15) is 14.9 Å². The quantitative estimate of drug-likeness (QED) is 0.372. The first kappa shape index (κ1) is 17.2. The summed E-state index contributed by atoms with van der Waals surface area (Å²) in [5.41, 5.74) is 3.00. The van der Waals surface area contributed by atoms with Crippen molar-refractivity contribution in [3.63, 3.8) is 0 Å². The van der Waals surface area contributed by atoms with Crippen LogP contribution < -0.4 is 5.43 Å². The number of benzene rings is 2. The second-order valence-corrected chi connectivity index (χ2v) is 7.33. The summed E-state index contributed by atoms with van der Waals surface area (Å²) >= 11 is 1.54. The van der Waals surface area contributed by atoms with Crippen LogP contribution in [-0.2, 0) is 6.54 Å². The molecule has 0 N–H and O–H groups in total. The number of aryl methyl sites for hydroxylation is 1. The third kappa shape index (κ3) is 3.15. The molecule has 2 heterocycles. The van der Waals surface area contributed by atoms with E-state index in [2.05, 4.69) is 16.7 Å². The summed E-state index contributed by atoms with van der Waals surface area (Å²) in [7, 11) is 0. The first-order chi connectivity index (χ1) is 13.0. The summed E-state index contributed by atoms with van der Waals surface area (Å²) in [4.78, 5) is 24.8. The molecule has 0 radical (unpaired) electrons. The molecule has 4 rings (SSSR count). The minimum atomic E-state index is -0.412. The molecule has 0 fully saturated rings. The Labute approximate surface area is 159 Å². The fraction of sp³-hybridized carbons (Fsp3) is 0.0952. The molecule has 0 saturated carbocycles. The zero-order chi connectivity index (χ0) is 19.0. The van der Waals surface area contributed by atoms with E-state index in [0.29, 0.717) is 11.9 Å². The Bertz CT molecular complexity index is 1190. The molecule has 2 aromatic carbocycles. The van der Waals surface area contributed by atoms with E-state index >= 15 is 0 Å². The molecule has 0 saturated heterocycles. The highest BCUT2D eigenvalue weighted by molar-refractivity contribution is 7.22. The van der Waals surface area contributed by atoms with Crippen LogP contribution in [0.25, 0.3) is 20.7 Å². The highest BCUT2D eigenvalue weighted by Crippen LogP contribution is 2.37. The molecule has 4 aromatic rings. The van der Waals surface area contributed by atoms with Crippen LogP contribution >= 0.6 is 11.3 Å². The fourth-order valence-electron chi connectivity index (χ4n) is 3.21. The van der Waals surface area contributed by atoms with Gasteiger partial charge in [0.15, 0.2) is 5.43 Å². The van der Waals surface area contributed by atoms with E-state index in [4.69, 9.17) is 0 Å². The van der Waals surface area contributed by atoms with E-state index in [0.717, 1.165) is 26.4 Å². The SMILES string of the molecule is Cc1c(-c2ccc([N+](=O)[O-])cc2)sc2c1c(=O)ccn2Cc1ccccc1. The number of thiophene rings is 1. The topological polar surface area (TPSA) is 65.1 Å². The Morgan fingerprint density at radius 3 is 2.41 bits per heavy atom. The predicted molar refractivity (Wildman–Crippen MR) is 108 cm³/mol. The van der Waals surface area contributed by atoms with Gasteiger partial charge in [-0.25, -0.2) is 0 Å². The van der Waals surface area contributed by atoms with Gasteiger partial charge in [0.2, 0.25) is 0 Å². The number of non-ortho nitro benzene ring substituents is 1. The zero-order valence-corrected chi connectivity index (χ0v) is 15.4. The van der Waals surface area contributed by atoms with E-state index in [1.54, 1.807) is 29.5 Å². The zero-order valence-electron chi connectivity index (χ0n) is 14.6. The molecule has 0 aliphatic carbocycles. The Morgan fingerprint density at radius 1 is 1.04 bits per heavy atom. The first-order valence-corrected chi connectivity index (χ1v) is 9.27. The standard InChI is InChI=1S/C21H16N2O3S/c1-14-19-18(24)11-12-22(13-15-5-3-2-4-6-15)21(19)27-20(14)16-7-9-17(10-8-16)23(25)26/h2-12H,13H2,1H3. The fourth-order valence-corrected chi connectivity index (χ4v) is 4.51. The lowest BCUT2D eigenvalue weighted by atomic mass is 10.1. The monoisotopic (exact) mass is 376 g/mol. The van der Waals surface area contributed by atoms with Crippen LogP contribution in [0.15, 0.2) is 71.7 Å². The molecule has 0 aliphatic rings. The number of fused-ring (bicyclic) bond motifs is 1. The van der Waals surface area contributed by atoms with E-state index in [1.807, 2.05) is 31.3 Å². The van der Waals surface area contributed by atoms with Crippen molar-refractivity contribution in [2.24, 2.45) is 0 Å². The number of pyridine rings is 1. The summed E-state index contributed by atoms with van der Waals surface area (Å²) in [5, 5.41) is 11.6. The van der Waals surface area contributed by atoms with Crippen molar-refractivity contribution in [1.29, 1.82) is 0 Å². The van der Waals surface area contributed by atoms with Crippen molar-refractivity contribution in [2.45, 2.75) is 13.5 Å². The van der Waals surface area contributed by atoms with Gasteiger partial charge < -0.3 is 4.57 Å². The van der Waals surface area contributed by atoms with Gasteiger partial charge in [0.1, 0.15) is 4.83 Å². The van der Waals surface area contributed by atoms with Gasteiger partial charge in [-0.3, -0.25) is 14.9 Å². The van der Waals surface area contributed by atoms with Crippen LogP contribution in [0.2, 0.25) is 0 Å². The van der Waals surface area contributed by atoms with Crippen LogP contribution in [0, 0.1) is 17.0 Å². The molecule has 2 aromatic heterocycles. The Hall–Kier alpha value is -3.25. The van der Waals surface area contributed by atoms with E-state index in [1.165, 1.54) is 12.1 Å². The van der Waals surface area contributed by atoms with Gasteiger partial charge in [0.25, 0.3) is 5.69 Å². The lowest BCUT2D eigenvalue weighted by Crippen LogP contribution is -2.07. The number of nitro benzene ring substituents is 1. The average Bonchev–Trinajstić information content (AvgIpc) is 3.03. The van der Waals surface area contributed by atoms with Crippen LogP contribution in [0.3, 0.4) is 0 Å². The molecule has 0 bridgehead atoms. The lowest BCUT2D eigenvalue weighted by molar-refractivity contribution is -0.384. The molecular weight excluding hydrogens is 360 g/mol. The van der Waals surface area contributed by atoms with Gasteiger partial charge in [0, 0.05) is 35.8 Å². The van der Waals surface area contributed by atoms with Crippen molar-refractivity contribution in [2.75, 3.05) is 0 Å². The number of rotatable bonds is 4. The van der Waals surface area contributed by atoms with Crippen molar-refractivity contribution in [1.82, 2.24) is 4.57 Å². The second kappa shape index (κ2) is 6.81. The minimum Gasteiger partial charge on any atom is -0.335 e. The summed E-state index contributed by atoms with van der Waals surface area (Å²) in [6.45, 7) is 2.61. The molecule has 0 atom stereocenters. The number of aromatic nitrogens is 1. The molecule has 134 valence electrons. The van der Waals surface area contributed by atoms with Crippen molar-refractivity contribution >= 4 is 27.2 Å². The van der Waals surface area contributed by atoms with Crippen molar-refractivity contribution in [3.8, 4) is 10.4 Å². The molecule has 27 heavy (non-hydrogen) atoms. The van der Waals surface area contributed by atoms with Crippen LogP contribution in [0.4, 0.5) is 5.69 Å². The summed E-state index contributed by atoms with van der Waals surface area (Å²) < 4.78 is 2.08. The first-order valence-electron chi connectivity index (χ1n) is 8.46. The molecule has 0 amide bonds.